The fraction of sp³-hybridized carbons (Fsp3) is 0.417. The SMILES string of the molecule is CC1CN(c2nccc3sc(Br)cc23)CCN1. The molecule has 0 spiro atoms. The van der Waals surface area contributed by atoms with Gasteiger partial charge in [-0.3, -0.25) is 0 Å². The summed E-state index contributed by atoms with van der Waals surface area (Å²) in [5.41, 5.74) is 0. The predicted octanol–water partition coefficient (Wildman–Crippen LogP) is 2.86. The second kappa shape index (κ2) is 4.55. The molecular weight excluding hydrogens is 298 g/mol. The van der Waals surface area contributed by atoms with Crippen LogP contribution in [0.3, 0.4) is 0 Å². The molecule has 0 aromatic carbocycles. The first-order chi connectivity index (χ1) is 8.24. The van der Waals surface area contributed by atoms with Crippen molar-refractivity contribution in [3.8, 4) is 0 Å². The van der Waals surface area contributed by atoms with E-state index in [9.17, 15) is 0 Å². The molecule has 2 aromatic heterocycles. The van der Waals surface area contributed by atoms with Gasteiger partial charge in [-0.25, -0.2) is 4.98 Å². The van der Waals surface area contributed by atoms with Gasteiger partial charge in [0.25, 0.3) is 0 Å². The summed E-state index contributed by atoms with van der Waals surface area (Å²) in [6.45, 7) is 5.31. The molecule has 1 fully saturated rings. The molecule has 1 saturated heterocycles. The van der Waals surface area contributed by atoms with Crippen molar-refractivity contribution in [3.05, 3.63) is 22.1 Å². The van der Waals surface area contributed by atoms with E-state index in [1.807, 2.05) is 6.20 Å². The number of hydrogen-bond donors (Lipinski definition) is 1. The van der Waals surface area contributed by atoms with Gasteiger partial charge in [0.2, 0.25) is 0 Å². The lowest BCUT2D eigenvalue weighted by molar-refractivity contribution is 0.483. The molecule has 1 aliphatic heterocycles. The van der Waals surface area contributed by atoms with E-state index in [4.69, 9.17) is 0 Å². The molecule has 0 radical (unpaired) electrons. The topological polar surface area (TPSA) is 28.2 Å². The van der Waals surface area contributed by atoms with Crippen molar-refractivity contribution in [2.75, 3.05) is 24.5 Å². The summed E-state index contributed by atoms with van der Waals surface area (Å²) in [6, 6.07) is 4.79. The molecule has 0 saturated carbocycles. The van der Waals surface area contributed by atoms with Gasteiger partial charge in [-0.2, -0.15) is 0 Å². The standard InChI is InChI=1S/C12H14BrN3S/c1-8-7-16(5-4-14-8)12-9-6-11(13)17-10(9)2-3-15-12/h2-3,6,8,14H,4-5,7H2,1H3. The molecule has 17 heavy (non-hydrogen) atoms. The second-order valence-electron chi connectivity index (χ2n) is 4.40. The van der Waals surface area contributed by atoms with E-state index in [1.165, 1.54) is 13.9 Å². The lowest BCUT2D eigenvalue weighted by Gasteiger charge is -2.33. The highest BCUT2D eigenvalue weighted by Gasteiger charge is 2.19. The smallest absolute Gasteiger partial charge is 0.137 e. The van der Waals surface area contributed by atoms with Crippen LogP contribution in [0.1, 0.15) is 6.92 Å². The molecule has 0 aliphatic carbocycles. The Labute approximate surface area is 113 Å². The molecule has 1 aliphatic rings. The molecule has 3 heterocycles. The molecule has 1 atom stereocenters. The van der Waals surface area contributed by atoms with Crippen molar-refractivity contribution < 1.29 is 0 Å². The van der Waals surface area contributed by atoms with Gasteiger partial charge in [-0.15, -0.1) is 11.3 Å². The molecule has 0 bridgehead atoms. The third kappa shape index (κ3) is 2.19. The maximum absolute atomic E-state index is 4.56. The molecule has 5 heteroatoms. The van der Waals surface area contributed by atoms with Crippen molar-refractivity contribution in [1.29, 1.82) is 0 Å². The van der Waals surface area contributed by atoms with Crippen LogP contribution in [0.5, 0.6) is 0 Å². The second-order valence-corrected chi connectivity index (χ2v) is 6.86. The summed E-state index contributed by atoms with van der Waals surface area (Å²) in [7, 11) is 0. The number of anilines is 1. The van der Waals surface area contributed by atoms with Gasteiger partial charge in [0.05, 0.1) is 3.79 Å². The minimum Gasteiger partial charge on any atom is -0.353 e. The lowest BCUT2D eigenvalue weighted by Crippen LogP contribution is -2.49. The number of hydrogen-bond acceptors (Lipinski definition) is 4. The number of rotatable bonds is 1. The van der Waals surface area contributed by atoms with Crippen LogP contribution in [0.4, 0.5) is 5.82 Å². The van der Waals surface area contributed by atoms with Gasteiger partial charge in [-0.1, -0.05) is 0 Å². The first-order valence-corrected chi connectivity index (χ1v) is 7.37. The van der Waals surface area contributed by atoms with Crippen molar-refractivity contribution >= 4 is 43.2 Å². The number of fused-ring (bicyclic) bond motifs is 1. The van der Waals surface area contributed by atoms with Gasteiger partial charge in [-0.05, 0) is 35.0 Å². The molecular formula is C12H14BrN3S. The van der Waals surface area contributed by atoms with E-state index in [0.29, 0.717) is 6.04 Å². The fourth-order valence-electron chi connectivity index (χ4n) is 2.29. The Morgan fingerprint density at radius 2 is 2.47 bits per heavy atom. The molecule has 3 nitrogen and oxygen atoms in total. The van der Waals surface area contributed by atoms with Gasteiger partial charge >= 0.3 is 0 Å². The Kier molecular flexibility index (Phi) is 3.06. The Hall–Kier alpha value is -0.650. The quantitative estimate of drug-likeness (QED) is 0.878. The molecule has 90 valence electrons. The van der Waals surface area contributed by atoms with E-state index in [2.05, 4.69) is 50.2 Å². The molecule has 0 amide bonds. The van der Waals surface area contributed by atoms with E-state index in [0.717, 1.165) is 25.5 Å². The van der Waals surface area contributed by atoms with Crippen LogP contribution in [0.15, 0.2) is 22.1 Å². The Bertz CT molecular complexity index is 540. The van der Waals surface area contributed by atoms with E-state index in [-0.39, 0.29) is 0 Å². The molecule has 2 aromatic rings. The zero-order valence-electron chi connectivity index (χ0n) is 9.61. The van der Waals surface area contributed by atoms with Gasteiger partial charge < -0.3 is 10.2 Å². The zero-order valence-corrected chi connectivity index (χ0v) is 12.0. The molecule has 3 rings (SSSR count). The largest absolute Gasteiger partial charge is 0.353 e. The van der Waals surface area contributed by atoms with Crippen LogP contribution in [-0.4, -0.2) is 30.7 Å². The first-order valence-electron chi connectivity index (χ1n) is 5.76. The maximum Gasteiger partial charge on any atom is 0.137 e. The Balaban J connectivity index is 2.04. The van der Waals surface area contributed by atoms with Crippen molar-refractivity contribution in [1.82, 2.24) is 10.3 Å². The van der Waals surface area contributed by atoms with Gasteiger partial charge in [0.15, 0.2) is 0 Å². The summed E-state index contributed by atoms with van der Waals surface area (Å²) in [5, 5.41) is 4.72. The van der Waals surface area contributed by atoms with E-state index >= 15 is 0 Å². The minimum atomic E-state index is 0.530. The summed E-state index contributed by atoms with van der Waals surface area (Å²) < 4.78 is 2.47. The summed E-state index contributed by atoms with van der Waals surface area (Å²) in [6.07, 6.45) is 1.91. The van der Waals surface area contributed by atoms with Crippen LogP contribution in [-0.2, 0) is 0 Å². The average molecular weight is 312 g/mol. The zero-order chi connectivity index (χ0) is 11.8. The monoisotopic (exact) mass is 311 g/mol. The number of aromatic nitrogens is 1. The van der Waals surface area contributed by atoms with Crippen LogP contribution in [0.2, 0.25) is 0 Å². The summed E-state index contributed by atoms with van der Waals surface area (Å²) >= 11 is 5.32. The first kappa shape index (κ1) is 11.4. The number of pyridine rings is 1. The van der Waals surface area contributed by atoms with Gasteiger partial charge in [0, 0.05) is 42.0 Å². The normalized spacial score (nSPS) is 21.1. The van der Waals surface area contributed by atoms with Crippen molar-refractivity contribution in [3.63, 3.8) is 0 Å². The van der Waals surface area contributed by atoms with Gasteiger partial charge in [0.1, 0.15) is 5.82 Å². The van der Waals surface area contributed by atoms with Crippen LogP contribution >= 0.6 is 27.3 Å². The van der Waals surface area contributed by atoms with E-state index < -0.39 is 0 Å². The predicted molar refractivity (Wildman–Crippen MR) is 77.0 cm³/mol. The third-order valence-corrected chi connectivity index (χ3v) is 4.67. The maximum atomic E-state index is 4.56. The highest BCUT2D eigenvalue weighted by atomic mass is 79.9. The lowest BCUT2D eigenvalue weighted by atomic mass is 10.2. The van der Waals surface area contributed by atoms with E-state index in [1.54, 1.807) is 11.3 Å². The minimum absolute atomic E-state index is 0.530. The van der Waals surface area contributed by atoms with Crippen molar-refractivity contribution in [2.24, 2.45) is 0 Å². The van der Waals surface area contributed by atoms with Crippen LogP contribution in [0, 0.1) is 0 Å². The Morgan fingerprint density at radius 1 is 1.59 bits per heavy atom. The number of nitrogens with one attached hydrogen (secondary N) is 1. The summed E-state index contributed by atoms with van der Waals surface area (Å²) in [5.74, 6) is 1.12. The third-order valence-electron chi connectivity index (χ3n) is 3.06. The highest BCUT2D eigenvalue weighted by molar-refractivity contribution is 9.11. The number of nitrogens with zero attached hydrogens (tertiary/aromatic N) is 2. The van der Waals surface area contributed by atoms with Crippen molar-refractivity contribution in [2.45, 2.75) is 13.0 Å². The van der Waals surface area contributed by atoms with Crippen LogP contribution < -0.4 is 10.2 Å². The molecule has 1 N–H and O–H groups in total. The number of halogens is 1. The summed E-state index contributed by atoms with van der Waals surface area (Å²) in [4.78, 5) is 6.94. The number of thiophene rings is 1. The van der Waals surface area contributed by atoms with Crippen LogP contribution in [0.25, 0.3) is 10.1 Å². The highest BCUT2D eigenvalue weighted by Crippen LogP contribution is 2.34. The fourth-order valence-corrected chi connectivity index (χ4v) is 3.82. The number of piperazine rings is 1. The molecule has 1 unspecified atom stereocenters. The Morgan fingerprint density at radius 3 is 3.29 bits per heavy atom. The average Bonchev–Trinajstić information content (AvgIpc) is 2.68.